The third-order valence-electron chi connectivity index (χ3n) is 4.01. The van der Waals surface area contributed by atoms with E-state index in [4.69, 9.17) is 9.40 Å². The van der Waals surface area contributed by atoms with Crippen molar-refractivity contribution in [2.75, 3.05) is 0 Å². The van der Waals surface area contributed by atoms with Gasteiger partial charge in [-0.2, -0.15) is 0 Å². The molecule has 0 N–H and O–H groups in total. The highest BCUT2D eigenvalue weighted by atomic mass is 32.2. The summed E-state index contributed by atoms with van der Waals surface area (Å²) in [7, 11) is 0. The van der Waals surface area contributed by atoms with Crippen LogP contribution in [0.2, 0.25) is 0 Å². The van der Waals surface area contributed by atoms with Crippen molar-refractivity contribution < 1.29 is 4.42 Å². The van der Waals surface area contributed by atoms with Gasteiger partial charge in [0.05, 0.1) is 5.69 Å². The lowest BCUT2D eigenvalue weighted by Gasteiger charge is -2.03. The van der Waals surface area contributed by atoms with Crippen LogP contribution in [0, 0.1) is 0 Å². The van der Waals surface area contributed by atoms with E-state index in [9.17, 15) is 0 Å². The molecule has 2 aromatic heterocycles. The number of hydrogen-bond donors (Lipinski definition) is 0. The number of para-hydroxylation sites is 3. The van der Waals surface area contributed by atoms with Crippen LogP contribution in [0.3, 0.4) is 0 Å². The third kappa shape index (κ3) is 2.49. The van der Waals surface area contributed by atoms with Crippen LogP contribution in [0.15, 0.2) is 69.4 Å². The largest absolute Gasteiger partial charge is 0.431 e. The van der Waals surface area contributed by atoms with Crippen molar-refractivity contribution in [1.29, 1.82) is 0 Å². The molecule has 1 aliphatic rings. The van der Waals surface area contributed by atoms with Gasteiger partial charge >= 0.3 is 0 Å². The van der Waals surface area contributed by atoms with E-state index in [0.717, 1.165) is 22.6 Å². The number of rotatable bonds is 4. The molecule has 1 fully saturated rings. The molecule has 0 spiro atoms. The van der Waals surface area contributed by atoms with Crippen LogP contribution in [0.4, 0.5) is 0 Å². The zero-order valence-corrected chi connectivity index (χ0v) is 13.6. The Kier molecular flexibility index (Phi) is 3.16. The maximum atomic E-state index is 5.77. The fourth-order valence-electron chi connectivity index (χ4n) is 2.69. The first-order valence-corrected chi connectivity index (χ1v) is 8.74. The molecule has 2 aromatic carbocycles. The normalized spacial score (nSPS) is 14.3. The number of aromatic nitrogens is 4. The molecule has 0 aliphatic heterocycles. The number of fused-ring (bicyclic) bond motifs is 1. The minimum atomic E-state index is 0.510. The molecule has 0 radical (unpaired) electrons. The van der Waals surface area contributed by atoms with Crippen LogP contribution in [0.25, 0.3) is 16.8 Å². The first-order valence-electron chi connectivity index (χ1n) is 7.92. The molecule has 24 heavy (non-hydrogen) atoms. The van der Waals surface area contributed by atoms with Crippen LogP contribution < -0.4 is 0 Å². The minimum Gasteiger partial charge on any atom is -0.431 e. The van der Waals surface area contributed by atoms with Gasteiger partial charge in [0.25, 0.3) is 5.22 Å². The smallest absolute Gasteiger partial charge is 0.264 e. The van der Waals surface area contributed by atoms with Gasteiger partial charge in [-0.3, -0.25) is 0 Å². The fraction of sp³-hybridized carbons (Fsp3) is 0.167. The monoisotopic (exact) mass is 334 g/mol. The molecule has 118 valence electrons. The van der Waals surface area contributed by atoms with E-state index < -0.39 is 0 Å². The Hall–Kier alpha value is -2.60. The van der Waals surface area contributed by atoms with Crippen molar-refractivity contribution in [3.05, 3.63) is 60.4 Å². The Morgan fingerprint density at radius 3 is 2.54 bits per heavy atom. The zero-order chi connectivity index (χ0) is 15.9. The Balaban J connectivity index is 1.52. The molecule has 2 heterocycles. The van der Waals surface area contributed by atoms with Crippen LogP contribution >= 0.6 is 11.8 Å². The van der Waals surface area contributed by atoms with E-state index in [1.807, 2.05) is 47.1 Å². The van der Waals surface area contributed by atoms with Gasteiger partial charge in [0, 0.05) is 17.7 Å². The van der Waals surface area contributed by atoms with E-state index in [2.05, 4.69) is 22.2 Å². The second-order valence-corrected chi connectivity index (χ2v) is 6.74. The summed E-state index contributed by atoms with van der Waals surface area (Å²) in [6.45, 7) is 0. The van der Waals surface area contributed by atoms with E-state index in [1.165, 1.54) is 24.6 Å². The Labute approximate surface area is 142 Å². The molecular formula is C18H14N4OS. The summed E-state index contributed by atoms with van der Waals surface area (Å²) in [6.07, 6.45) is 2.36. The topological polar surface area (TPSA) is 56.7 Å². The van der Waals surface area contributed by atoms with Gasteiger partial charge in [0.1, 0.15) is 11.3 Å². The van der Waals surface area contributed by atoms with Crippen molar-refractivity contribution >= 4 is 22.9 Å². The molecule has 1 aliphatic carbocycles. The number of oxazole rings is 1. The Morgan fingerprint density at radius 2 is 1.75 bits per heavy atom. The molecule has 0 atom stereocenters. The van der Waals surface area contributed by atoms with Crippen molar-refractivity contribution in [1.82, 2.24) is 19.7 Å². The number of nitrogens with zero attached hydrogens (tertiary/aromatic N) is 4. The maximum absolute atomic E-state index is 5.77. The van der Waals surface area contributed by atoms with Gasteiger partial charge in [-0.1, -0.05) is 30.3 Å². The highest BCUT2D eigenvalue weighted by molar-refractivity contribution is 7.98. The lowest BCUT2D eigenvalue weighted by atomic mass is 10.3. The van der Waals surface area contributed by atoms with Gasteiger partial charge in [-0.25, -0.2) is 14.6 Å². The molecule has 5 rings (SSSR count). The molecule has 5 nitrogen and oxygen atoms in total. The summed E-state index contributed by atoms with van der Waals surface area (Å²) in [5.74, 6) is 1.54. The van der Waals surface area contributed by atoms with Gasteiger partial charge in [0.2, 0.25) is 5.16 Å². The summed E-state index contributed by atoms with van der Waals surface area (Å²) in [5, 5.41) is 5.92. The van der Waals surface area contributed by atoms with Gasteiger partial charge in [0.15, 0.2) is 5.58 Å². The highest BCUT2D eigenvalue weighted by Crippen LogP contribution is 2.41. The molecule has 0 unspecified atom stereocenters. The molecule has 6 heteroatoms. The third-order valence-corrected chi connectivity index (χ3v) is 4.71. The first-order chi connectivity index (χ1) is 11.9. The van der Waals surface area contributed by atoms with Gasteiger partial charge < -0.3 is 4.42 Å². The van der Waals surface area contributed by atoms with E-state index >= 15 is 0 Å². The van der Waals surface area contributed by atoms with Gasteiger partial charge in [-0.05, 0) is 37.1 Å². The number of benzene rings is 2. The Bertz CT molecular complexity index is 971. The van der Waals surface area contributed by atoms with E-state index in [0.29, 0.717) is 16.3 Å². The first kappa shape index (κ1) is 13.8. The molecular weight excluding hydrogens is 320 g/mol. The molecule has 4 aromatic rings. The standard InChI is InChI=1S/C18H14N4OS/c1-2-6-13(7-3-1)22-16(12-10-11-12)20-17(21-22)24-18-19-14-8-4-5-9-15(14)23-18/h1-9,12H,10-11H2. The van der Waals surface area contributed by atoms with E-state index in [-0.39, 0.29) is 0 Å². The average molecular weight is 334 g/mol. The summed E-state index contributed by atoms with van der Waals surface area (Å²) >= 11 is 1.37. The van der Waals surface area contributed by atoms with Crippen LogP contribution in [0.5, 0.6) is 0 Å². The quantitative estimate of drug-likeness (QED) is 0.552. The predicted molar refractivity (Wildman–Crippen MR) is 91.5 cm³/mol. The summed E-state index contributed by atoms with van der Waals surface area (Å²) in [6, 6.07) is 17.9. The number of hydrogen-bond acceptors (Lipinski definition) is 5. The van der Waals surface area contributed by atoms with Crippen molar-refractivity contribution in [3.8, 4) is 5.69 Å². The van der Waals surface area contributed by atoms with Crippen LogP contribution in [-0.4, -0.2) is 19.7 Å². The lowest BCUT2D eigenvalue weighted by molar-refractivity contribution is 0.488. The molecule has 0 amide bonds. The minimum absolute atomic E-state index is 0.510. The fourth-order valence-corrected chi connectivity index (χ4v) is 3.38. The maximum Gasteiger partial charge on any atom is 0.264 e. The SMILES string of the molecule is c1ccc(-n2nc(Sc3nc4ccccc4o3)nc2C2CC2)cc1. The second-order valence-electron chi connectivity index (χ2n) is 5.82. The van der Waals surface area contributed by atoms with Crippen molar-refractivity contribution in [2.45, 2.75) is 29.1 Å². The average Bonchev–Trinajstić information content (AvgIpc) is 3.25. The molecule has 1 saturated carbocycles. The lowest BCUT2D eigenvalue weighted by Crippen LogP contribution is -2.01. The second kappa shape index (κ2) is 5.49. The van der Waals surface area contributed by atoms with Gasteiger partial charge in [-0.15, -0.1) is 5.10 Å². The van der Waals surface area contributed by atoms with Crippen molar-refractivity contribution in [3.63, 3.8) is 0 Å². The molecule has 0 bridgehead atoms. The van der Waals surface area contributed by atoms with Crippen molar-refractivity contribution in [2.24, 2.45) is 0 Å². The van der Waals surface area contributed by atoms with E-state index in [1.54, 1.807) is 0 Å². The zero-order valence-electron chi connectivity index (χ0n) is 12.8. The summed E-state index contributed by atoms with van der Waals surface area (Å²) in [4.78, 5) is 9.22. The Morgan fingerprint density at radius 1 is 0.958 bits per heavy atom. The molecule has 0 saturated heterocycles. The highest BCUT2D eigenvalue weighted by Gasteiger charge is 2.30. The van der Waals surface area contributed by atoms with Crippen LogP contribution in [-0.2, 0) is 0 Å². The summed E-state index contributed by atoms with van der Waals surface area (Å²) in [5.41, 5.74) is 2.67. The predicted octanol–water partition coefficient (Wildman–Crippen LogP) is 4.44. The van der Waals surface area contributed by atoms with Crippen LogP contribution in [0.1, 0.15) is 24.6 Å². The summed E-state index contributed by atoms with van der Waals surface area (Å²) < 4.78 is 7.71.